The van der Waals surface area contributed by atoms with Crippen LogP contribution in [0.25, 0.3) is 0 Å². The number of hydrogen-bond donors (Lipinski definition) is 3. The normalized spacial score (nSPS) is 13.5. The predicted molar refractivity (Wildman–Crippen MR) is 143 cm³/mol. The number of benzene rings is 1. The number of halogens is 1. The van der Waals surface area contributed by atoms with Crippen LogP contribution in [0, 0.1) is 12.7 Å². The Kier molecular flexibility index (Phi) is 11.8. The summed E-state index contributed by atoms with van der Waals surface area (Å²) in [5.41, 5.74) is 3.27. The third-order valence-corrected chi connectivity index (χ3v) is 6.75. The quantitative estimate of drug-likeness (QED) is 0.297. The van der Waals surface area contributed by atoms with Crippen molar-refractivity contribution in [1.29, 1.82) is 0 Å². The SMILES string of the molecule is COCCN(CCCCc1ccc2c(n1)NCCC2)CCC(NC(=O)OCc1c(C)cccc1F)C(=O)O. The number of alkyl carbamates (subject to hydrolysis) is 1. The highest BCUT2D eigenvalue weighted by molar-refractivity contribution is 5.79. The van der Waals surface area contributed by atoms with Crippen molar-refractivity contribution in [2.75, 3.05) is 45.2 Å². The van der Waals surface area contributed by atoms with E-state index in [1.165, 1.54) is 11.6 Å². The molecule has 1 atom stereocenters. The third kappa shape index (κ3) is 9.25. The number of ether oxygens (including phenoxy) is 2. The third-order valence-electron chi connectivity index (χ3n) is 6.75. The number of hydrogen-bond acceptors (Lipinski definition) is 7. The molecular formula is C28H39FN4O5. The van der Waals surface area contributed by atoms with Gasteiger partial charge in [-0.1, -0.05) is 18.2 Å². The minimum atomic E-state index is -1.15. The zero-order chi connectivity index (χ0) is 27.3. The van der Waals surface area contributed by atoms with Crippen LogP contribution < -0.4 is 10.6 Å². The van der Waals surface area contributed by atoms with Crippen molar-refractivity contribution in [3.05, 3.63) is 58.5 Å². The molecule has 1 aromatic heterocycles. The smallest absolute Gasteiger partial charge is 0.408 e. The lowest BCUT2D eigenvalue weighted by molar-refractivity contribution is -0.139. The minimum absolute atomic E-state index is 0.199. The fraction of sp³-hybridized carbons (Fsp3) is 0.536. The van der Waals surface area contributed by atoms with Gasteiger partial charge in [0.05, 0.1) is 6.61 Å². The van der Waals surface area contributed by atoms with E-state index in [0.717, 1.165) is 56.7 Å². The van der Waals surface area contributed by atoms with Gasteiger partial charge >= 0.3 is 12.1 Å². The van der Waals surface area contributed by atoms with E-state index in [2.05, 4.69) is 27.7 Å². The number of amides is 1. The molecule has 3 N–H and O–H groups in total. The van der Waals surface area contributed by atoms with Crippen LogP contribution in [0.4, 0.5) is 15.0 Å². The number of unbranched alkanes of at least 4 members (excludes halogenated alkanes) is 1. The molecule has 1 unspecified atom stereocenters. The predicted octanol–water partition coefficient (Wildman–Crippen LogP) is 3.93. The van der Waals surface area contributed by atoms with Crippen molar-refractivity contribution in [2.45, 2.75) is 58.1 Å². The standard InChI is InChI=1S/C28H39FN4O5/c1-20-7-5-10-24(29)23(20)19-38-28(36)32-25(27(34)35)13-16-33(17-18-37-2)15-4-3-9-22-12-11-21-8-6-14-30-26(21)31-22/h5,7,10-12,25H,3-4,6,8-9,13-19H2,1-2H3,(H,30,31)(H,32,36)(H,34,35). The minimum Gasteiger partial charge on any atom is -0.480 e. The summed E-state index contributed by atoms with van der Waals surface area (Å²) in [7, 11) is 1.63. The zero-order valence-electron chi connectivity index (χ0n) is 22.3. The molecule has 9 nitrogen and oxygen atoms in total. The number of aromatic nitrogens is 1. The Morgan fingerprint density at radius 1 is 1.21 bits per heavy atom. The first kappa shape index (κ1) is 29.3. The molecule has 38 heavy (non-hydrogen) atoms. The topological polar surface area (TPSA) is 113 Å². The highest BCUT2D eigenvalue weighted by Gasteiger charge is 2.22. The van der Waals surface area contributed by atoms with Crippen LogP contribution in [-0.4, -0.2) is 73.0 Å². The van der Waals surface area contributed by atoms with Gasteiger partial charge in [-0.3, -0.25) is 0 Å². The molecular weight excluding hydrogens is 491 g/mol. The number of nitrogens with zero attached hydrogens (tertiary/aromatic N) is 2. The molecule has 0 fully saturated rings. The van der Waals surface area contributed by atoms with E-state index in [4.69, 9.17) is 14.5 Å². The first-order valence-corrected chi connectivity index (χ1v) is 13.2. The van der Waals surface area contributed by atoms with E-state index in [1.54, 1.807) is 26.2 Å². The molecule has 0 saturated heterocycles. The molecule has 0 bridgehead atoms. The monoisotopic (exact) mass is 530 g/mol. The number of aryl methyl sites for hydroxylation is 3. The highest BCUT2D eigenvalue weighted by atomic mass is 19.1. The van der Waals surface area contributed by atoms with Crippen molar-refractivity contribution in [3.63, 3.8) is 0 Å². The number of nitrogens with one attached hydrogen (secondary N) is 2. The summed E-state index contributed by atoms with van der Waals surface area (Å²) >= 11 is 0. The first-order chi connectivity index (χ1) is 18.4. The summed E-state index contributed by atoms with van der Waals surface area (Å²) in [6.45, 7) is 4.83. The van der Waals surface area contributed by atoms with E-state index in [-0.39, 0.29) is 18.6 Å². The lowest BCUT2D eigenvalue weighted by Gasteiger charge is -2.24. The number of carboxylic acid groups (broad SMARTS) is 1. The number of carbonyl (C=O) groups excluding carboxylic acids is 1. The van der Waals surface area contributed by atoms with Crippen molar-refractivity contribution < 1.29 is 28.6 Å². The Balaban J connectivity index is 1.44. The van der Waals surface area contributed by atoms with E-state index in [9.17, 15) is 19.1 Å². The summed E-state index contributed by atoms with van der Waals surface area (Å²) in [4.78, 5) is 30.9. The number of rotatable bonds is 15. The Morgan fingerprint density at radius 3 is 2.82 bits per heavy atom. The number of pyridine rings is 1. The second-order valence-electron chi connectivity index (χ2n) is 9.57. The van der Waals surface area contributed by atoms with Gasteiger partial charge in [-0.2, -0.15) is 0 Å². The second-order valence-corrected chi connectivity index (χ2v) is 9.57. The molecule has 3 rings (SSSR count). The molecule has 0 spiro atoms. The molecule has 1 amide bonds. The summed E-state index contributed by atoms with van der Waals surface area (Å²) < 4.78 is 24.3. The fourth-order valence-corrected chi connectivity index (χ4v) is 4.45. The average molecular weight is 531 g/mol. The lowest BCUT2D eigenvalue weighted by atomic mass is 10.1. The number of carbonyl (C=O) groups is 2. The molecule has 208 valence electrons. The highest BCUT2D eigenvalue weighted by Crippen LogP contribution is 2.20. The van der Waals surface area contributed by atoms with Crippen LogP contribution in [0.15, 0.2) is 30.3 Å². The van der Waals surface area contributed by atoms with Gasteiger partial charge in [-0.25, -0.2) is 19.0 Å². The number of anilines is 1. The largest absolute Gasteiger partial charge is 0.480 e. The maximum atomic E-state index is 14.0. The summed E-state index contributed by atoms with van der Waals surface area (Å²) in [6, 6.07) is 7.72. The number of aliphatic carboxylic acids is 1. The van der Waals surface area contributed by atoms with Gasteiger partial charge in [0.15, 0.2) is 0 Å². The molecule has 0 saturated carbocycles. The molecule has 1 aliphatic heterocycles. The van der Waals surface area contributed by atoms with Crippen LogP contribution in [0.3, 0.4) is 0 Å². The van der Waals surface area contributed by atoms with E-state index < -0.39 is 23.9 Å². The van der Waals surface area contributed by atoms with E-state index >= 15 is 0 Å². The Bertz CT molecular complexity index is 1050. The molecule has 1 aromatic carbocycles. The van der Waals surface area contributed by atoms with Gasteiger partial charge < -0.3 is 30.1 Å². The van der Waals surface area contributed by atoms with Crippen molar-refractivity contribution in [2.24, 2.45) is 0 Å². The summed E-state index contributed by atoms with van der Waals surface area (Å²) in [5, 5.41) is 15.4. The van der Waals surface area contributed by atoms with Crippen LogP contribution in [0.5, 0.6) is 0 Å². The summed E-state index contributed by atoms with van der Waals surface area (Å²) in [6.07, 6.45) is 4.26. The van der Waals surface area contributed by atoms with Gasteiger partial charge in [0.1, 0.15) is 24.3 Å². The van der Waals surface area contributed by atoms with Gasteiger partial charge in [-0.05, 0) is 75.3 Å². The van der Waals surface area contributed by atoms with E-state index in [0.29, 0.717) is 25.3 Å². The number of carboxylic acids is 1. The van der Waals surface area contributed by atoms with Crippen molar-refractivity contribution >= 4 is 17.9 Å². The first-order valence-electron chi connectivity index (χ1n) is 13.2. The molecule has 0 radical (unpaired) electrons. The average Bonchev–Trinajstić information content (AvgIpc) is 2.90. The van der Waals surface area contributed by atoms with Gasteiger partial charge in [0.25, 0.3) is 0 Å². The Hall–Kier alpha value is -3.24. The van der Waals surface area contributed by atoms with Crippen molar-refractivity contribution in [1.82, 2.24) is 15.2 Å². The molecule has 0 aliphatic carbocycles. The molecule has 2 heterocycles. The van der Waals surface area contributed by atoms with Gasteiger partial charge in [0, 0.05) is 38.0 Å². The van der Waals surface area contributed by atoms with Crippen LogP contribution >= 0.6 is 0 Å². The number of methoxy groups -OCH3 is 1. The van der Waals surface area contributed by atoms with Gasteiger partial charge in [0.2, 0.25) is 0 Å². The summed E-state index contributed by atoms with van der Waals surface area (Å²) in [5.74, 6) is -0.617. The lowest BCUT2D eigenvalue weighted by Crippen LogP contribution is -2.43. The number of fused-ring (bicyclic) bond motifs is 1. The molecule has 2 aromatic rings. The fourth-order valence-electron chi connectivity index (χ4n) is 4.45. The second kappa shape index (κ2) is 15.2. The maximum Gasteiger partial charge on any atom is 0.408 e. The Morgan fingerprint density at radius 2 is 2.05 bits per heavy atom. The molecule has 1 aliphatic rings. The van der Waals surface area contributed by atoms with Crippen LogP contribution in [0.2, 0.25) is 0 Å². The van der Waals surface area contributed by atoms with Crippen molar-refractivity contribution in [3.8, 4) is 0 Å². The van der Waals surface area contributed by atoms with E-state index in [1.807, 2.05) is 0 Å². The van der Waals surface area contributed by atoms with Gasteiger partial charge in [-0.15, -0.1) is 0 Å². The maximum absolute atomic E-state index is 14.0. The zero-order valence-corrected chi connectivity index (χ0v) is 22.3. The Labute approximate surface area is 223 Å². The van der Waals surface area contributed by atoms with Crippen LogP contribution in [0.1, 0.15) is 48.1 Å². The molecule has 10 heteroatoms. The van der Waals surface area contributed by atoms with Crippen LogP contribution in [-0.2, 0) is 33.7 Å².